The predicted molar refractivity (Wildman–Crippen MR) is 106 cm³/mol. The van der Waals surface area contributed by atoms with Gasteiger partial charge in [0.1, 0.15) is 7.11 Å². The van der Waals surface area contributed by atoms with Gasteiger partial charge in [-0.15, -0.1) is 0 Å². The molecule has 0 heterocycles. The minimum absolute atomic E-state index is 0.0162. The summed E-state index contributed by atoms with van der Waals surface area (Å²) in [6.07, 6.45) is 7.31. The molecule has 1 unspecified atom stereocenters. The van der Waals surface area contributed by atoms with Gasteiger partial charge in [-0.2, -0.15) is 0 Å². The van der Waals surface area contributed by atoms with E-state index >= 15 is 0 Å². The number of aliphatic hydroxyl groups excluding tert-OH is 2. The van der Waals surface area contributed by atoms with Crippen LogP contribution in [0.2, 0.25) is 0 Å². The van der Waals surface area contributed by atoms with Crippen LogP contribution in [0.4, 0.5) is 0 Å². The van der Waals surface area contributed by atoms with Crippen LogP contribution in [0, 0.1) is 34.0 Å². The van der Waals surface area contributed by atoms with E-state index < -0.39 is 12.2 Å². The second-order valence-corrected chi connectivity index (χ2v) is 9.53. The van der Waals surface area contributed by atoms with Gasteiger partial charge in [-0.25, -0.2) is 0 Å². The van der Waals surface area contributed by atoms with Crippen molar-refractivity contribution in [1.82, 2.24) is 0 Å². The van der Waals surface area contributed by atoms with Gasteiger partial charge < -0.3 is 20.5 Å². The molecular formula is C22H32N2O3. The maximum atomic E-state index is 10.5. The van der Waals surface area contributed by atoms with Crippen LogP contribution in [0.5, 0.6) is 0 Å². The third-order valence-electron chi connectivity index (χ3n) is 8.12. The Bertz CT molecular complexity index is 755. The maximum absolute atomic E-state index is 10.5. The number of oxime groups is 1. The van der Waals surface area contributed by atoms with E-state index in [2.05, 4.69) is 31.2 Å². The molecule has 2 fully saturated rings. The second kappa shape index (κ2) is 6.28. The van der Waals surface area contributed by atoms with E-state index in [9.17, 15) is 10.2 Å². The molecule has 0 aromatic heterocycles. The van der Waals surface area contributed by atoms with Crippen molar-refractivity contribution >= 4 is 11.4 Å². The Kier molecular flexibility index (Phi) is 4.39. The summed E-state index contributed by atoms with van der Waals surface area (Å²) in [7, 11) is 1.57. The molecule has 2 saturated carbocycles. The van der Waals surface area contributed by atoms with Crippen LogP contribution in [0.1, 0.15) is 52.9 Å². The van der Waals surface area contributed by atoms with Gasteiger partial charge in [-0.1, -0.05) is 25.1 Å². The van der Waals surface area contributed by atoms with Crippen LogP contribution >= 0.6 is 0 Å². The van der Waals surface area contributed by atoms with Crippen molar-refractivity contribution in [2.75, 3.05) is 7.11 Å². The van der Waals surface area contributed by atoms with Crippen LogP contribution in [0.25, 0.3) is 0 Å². The van der Waals surface area contributed by atoms with Gasteiger partial charge >= 0.3 is 0 Å². The van der Waals surface area contributed by atoms with Gasteiger partial charge in [-0.3, -0.25) is 0 Å². The molecule has 0 bridgehead atoms. The molecule has 4 aliphatic carbocycles. The summed E-state index contributed by atoms with van der Waals surface area (Å²) in [6, 6.07) is 0. The third kappa shape index (κ3) is 2.58. The SMILES string of the molecule is CO/N=C1/C=C2C3=CC[C@H](C(C)=N)[C@@]3(C)CCC2[C@@]2(C)C[C@H](O)[C@H](O)C[C@@H]12. The Morgan fingerprint density at radius 1 is 1.26 bits per heavy atom. The molecule has 0 saturated heterocycles. The van der Waals surface area contributed by atoms with Gasteiger partial charge in [0.25, 0.3) is 0 Å². The zero-order valence-electron chi connectivity index (χ0n) is 16.8. The zero-order chi connectivity index (χ0) is 19.6. The highest BCUT2D eigenvalue weighted by molar-refractivity contribution is 6.00. The molecule has 4 rings (SSSR count). The number of allylic oxidation sites excluding steroid dienone is 4. The molecule has 5 heteroatoms. The van der Waals surface area contributed by atoms with Crippen molar-refractivity contribution < 1.29 is 15.1 Å². The van der Waals surface area contributed by atoms with Crippen LogP contribution in [0.15, 0.2) is 28.5 Å². The molecule has 0 amide bonds. The van der Waals surface area contributed by atoms with E-state index in [4.69, 9.17) is 10.2 Å². The Morgan fingerprint density at radius 2 is 2.00 bits per heavy atom. The first kappa shape index (κ1) is 18.9. The number of nitrogens with zero attached hydrogens (tertiary/aromatic N) is 1. The lowest BCUT2D eigenvalue weighted by Gasteiger charge is -2.56. The minimum Gasteiger partial charge on any atom is -0.399 e. The van der Waals surface area contributed by atoms with Crippen molar-refractivity contribution in [3.05, 3.63) is 23.3 Å². The molecule has 0 aromatic rings. The number of fused-ring (bicyclic) bond motifs is 5. The second-order valence-electron chi connectivity index (χ2n) is 9.53. The summed E-state index contributed by atoms with van der Waals surface area (Å²) in [5, 5.41) is 33.3. The Balaban J connectivity index is 1.81. The highest BCUT2D eigenvalue weighted by atomic mass is 16.6. The van der Waals surface area contributed by atoms with Crippen LogP contribution in [-0.2, 0) is 4.84 Å². The molecule has 0 aliphatic heterocycles. The summed E-state index contributed by atoms with van der Waals surface area (Å²) >= 11 is 0. The molecule has 4 aliphatic rings. The highest BCUT2D eigenvalue weighted by Crippen LogP contribution is 2.63. The highest BCUT2D eigenvalue weighted by Gasteiger charge is 2.58. The first-order chi connectivity index (χ1) is 12.7. The summed E-state index contributed by atoms with van der Waals surface area (Å²) < 4.78 is 0. The van der Waals surface area contributed by atoms with Crippen molar-refractivity contribution in [1.29, 1.82) is 5.41 Å². The summed E-state index contributed by atoms with van der Waals surface area (Å²) in [5.41, 5.74) is 4.23. The van der Waals surface area contributed by atoms with Gasteiger partial charge in [-0.05, 0) is 67.6 Å². The van der Waals surface area contributed by atoms with Gasteiger partial charge in [0, 0.05) is 23.0 Å². The van der Waals surface area contributed by atoms with Gasteiger partial charge in [0.05, 0.1) is 17.9 Å². The van der Waals surface area contributed by atoms with Crippen molar-refractivity contribution in [3.8, 4) is 0 Å². The van der Waals surface area contributed by atoms with E-state index in [1.807, 2.05) is 6.92 Å². The van der Waals surface area contributed by atoms with E-state index in [0.717, 1.165) is 30.7 Å². The van der Waals surface area contributed by atoms with Crippen LogP contribution < -0.4 is 0 Å². The molecule has 27 heavy (non-hydrogen) atoms. The topological polar surface area (TPSA) is 85.9 Å². The lowest BCUT2D eigenvalue weighted by molar-refractivity contribution is -0.0831. The first-order valence-corrected chi connectivity index (χ1v) is 10.2. The fraction of sp³-hybridized carbons (Fsp3) is 0.727. The quantitative estimate of drug-likeness (QED) is 0.512. The summed E-state index contributed by atoms with van der Waals surface area (Å²) in [4.78, 5) is 5.16. The number of rotatable bonds is 2. The predicted octanol–water partition coefficient (Wildman–Crippen LogP) is 3.47. The number of hydrogen-bond acceptors (Lipinski definition) is 5. The molecule has 7 atom stereocenters. The standard InChI is InChI=1S/C22H32N2O3/c1-12(23)14-5-6-15-13-9-18(24-27-4)17-10-19(25)20(26)11-22(17,3)16(13)7-8-21(14,15)2/h6,9,14,16-17,19-20,23,25-26H,5,7-8,10-11H2,1-4H3/b23-12?,24-18-/t14-,16?,17+,19-,20+,21-,22-/m1/s1. The maximum Gasteiger partial charge on any atom is 0.106 e. The molecule has 148 valence electrons. The van der Waals surface area contributed by atoms with Crippen LogP contribution in [0.3, 0.4) is 0 Å². The lowest BCUT2D eigenvalue weighted by atomic mass is 9.48. The molecular weight excluding hydrogens is 340 g/mol. The lowest BCUT2D eigenvalue weighted by Crippen LogP contribution is -2.55. The smallest absolute Gasteiger partial charge is 0.106 e. The minimum atomic E-state index is -0.704. The average Bonchev–Trinajstić information content (AvgIpc) is 2.95. The van der Waals surface area contributed by atoms with E-state index in [-0.39, 0.29) is 22.7 Å². The summed E-state index contributed by atoms with van der Waals surface area (Å²) in [6.45, 7) is 6.50. The Hall–Kier alpha value is -1.46. The summed E-state index contributed by atoms with van der Waals surface area (Å²) in [5.74, 6) is 0.724. The van der Waals surface area contributed by atoms with Crippen LogP contribution in [-0.4, -0.2) is 41.0 Å². The molecule has 0 radical (unpaired) electrons. The number of aliphatic hydroxyl groups is 2. The van der Waals surface area contributed by atoms with Crippen molar-refractivity contribution in [2.24, 2.45) is 33.7 Å². The molecule has 3 N–H and O–H groups in total. The number of hydrogen-bond donors (Lipinski definition) is 3. The largest absolute Gasteiger partial charge is 0.399 e. The normalized spacial score (nSPS) is 47.5. The van der Waals surface area contributed by atoms with E-state index in [1.54, 1.807) is 7.11 Å². The van der Waals surface area contributed by atoms with E-state index in [1.165, 1.54) is 11.1 Å². The Labute approximate surface area is 161 Å². The van der Waals surface area contributed by atoms with Gasteiger partial charge in [0.2, 0.25) is 0 Å². The van der Waals surface area contributed by atoms with Gasteiger partial charge in [0.15, 0.2) is 0 Å². The van der Waals surface area contributed by atoms with E-state index in [0.29, 0.717) is 18.8 Å². The van der Waals surface area contributed by atoms with Crippen molar-refractivity contribution in [2.45, 2.75) is 65.1 Å². The molecule has 0 aromatic carbocycles. The molecule has 5 nitrogen and oxygen atoms in total. The van der Waals surface area contributed by atoms with Crippen molar-refractivity contribution in [3.63, 3.8) is 0 Å². The number of nitrogens with one attached hydrogen (secondary N) is 1. The molecule has 0 spiro atoms. The third-order valence-corrected chi connectivity index (χ3v) is 8.12. The zero-order valence-corrected chi connectivity index (χ0v) is 16.8. The first-order valence-electron chi connectivity index (χ1n) is 10.2. The average molecular weight is 373 g/mol. The Morgan fingerprint density at radius 3 is 2.67 bits per heavy atom. The fourth-order valence-electron chi connectivity index (χ4n) is 6.67. The fourth-order valence-corrected chi connectivity index (χ4v) is 6.67. The monoisotopic (exact) mass is 372 g/mol.